The molecule has 0 atom stereocenters. The molecular formula is C16H14N2O4S. The number of furan rings is 1. The summed E-state index contributed by atoms with van der Waals surface area (Å²) in [5.74, 6) is 1.27. The third-order valence-electron chi connectivity index (χ3n) is 3.17. The molecule has 0 fully saturated rings. The largest absolute Gasteiger partial charge is 0.463 e. The van der Waals surface area contributed by atoms with Gasteiger partial charge in [-0.05, 0) is 30.7 Å². The van der Waals surface area contributed by atoms with Crippen molar-refractivity contribution in [3.05, 3.63) is 53.5 Å². The number of hydrogen-bond acceptors (Lipinski definition) is 7. The fourth-order valence-electron chi connectivity index (χ4n) is 1.99. The molecule has 7 heteroatoms. The van der Waals surface area contributed by atoms with Gasteiger partial charge >= 0.3 is 5.97 Å². The first-order valence-electron chi connectivity index (χ1n) is 6.86. The van der Waals surface area contributed by atoms with Crippen molar-refractivity contribution in [1.29, 1.82) is 0 Å². The number of ether oxygens (including phenoxy) is 1. The molecule has 2 aromatic heterocycles. The van der Waals surface area contributed by atoms with Crippen LogP contribution in [0.15, 0.2) is 50.5 Å². The Hall–Kier alpha value is -2.54. The number of thioether (sulfide) groups is 1. The lowest BCUT2D eigenvalue weighted by atomic mass is 10.1. The molecule has 0 N–H and O–H groups in total. The van der Waals surface area contributed by atoms with E-state index in [9.17, 15) is 4.79 Å². The normalized spacial score (nSPS) is 10.7. The molecule has 0 bridgehead atoms. The number of carbonyl (C=O) groups is 1. The van der Waals surface area contributed by atoms with Crippen molar-refractivity contribution in [3.63, 3.8) is 0 Å². The molecule has 0 aliphatic rings. The molecule has 0 saturated heterocycles. The Morgan fingerprint density at radius 3 is 2.78 bits per heavy atom. The highest BCUT2D eigenvalue weighted by molar-refractivity contribution is 7.98. The molecule has 23 heavy (non-hydrogen) atoms. The predicted octanol–water partition coefficient (Wildman–Crippen LogP) is 3.72. The number of rotatable bonds is 5. The molecule has 1 aromatic carbocycles. The Labute approximate surface area is 136 Å². The highest BCUT2D eigenvalue weighted by atomic mass is 32.2. The third kappa shape index (κ3) is 3.45. The molecule has 0 unspecified atom stereocenters. The molecule has 2 heterocycles. The van der Waals surface area contributed by atoms with Crippen molar-refractivity contribution < 1.29 is 18.4 Å². The lowest BCUT2D eigenvalue weighted by Crippen LogP contribution is -1.98. The number of aromatic nitrogens is 2. The molecular weight excluding hydrogens is 316 g/mol. The summed E-state index contributed by atoms with van der Waals surface area (Å²) < 4.78 is 15.6. The van der Waals surface area contributed by atoms with Gasteiger partial charge in [-0.2, -0.15) is 0 Å². The number of aryl methyl sites for hydroxylation is 1. The van der Waals surface area contributed by atoms with Crippen molar-refractivity contribution in [3.8, 4) is 11.5 Å². The fourth-order valence-corrected chi connectivity index (χ4v) is 2.65. The van der Waals surface area contributed by atoms with Gasteiger partial charge in [-0.3, -0.25) is 0 Å². The van der Waals surface area contributed by atoms with Crippen LogP contribution in [0.3, 0.4) is 0 Å². The van der Waals surface area contributed by atoms with Crippen LogP contribution >= 0.6 is 11.8 Å². The maximum Gasteiger partial charge on any atom is 0.373 e. The highest BCUT2D eigenvalue weighted by Gasteiger charge is 2.14. The minimum atomic E-state index is -0.499. The standard InChI is InChI=1S/C16H14N2O4S/c1-10-5-3-4-6-12(10)14-17-18-16(22-14)23-9-11-7-8-13(21-11)15(19)20-2/h3-8H,9H2,1-2H3. The van der Waals surface area contributed by atoms with Crippen molar-refractivity contribution >= 4 is 17.7 Å². The van der Waals surface area contributed by atoms with Crippen LogP contribution in [0.25, 0.3) is 11.5 Å². The predicted molar refractivity (Wildman–Crippen MR) is 84.1 cm³/mol. The summed E-state index contributed by atoms with van der Waals surface area (Å²) in [6.07, 6.45) is 0. The summed E-state index contributed by atoms with van der Waals surface area (Å²) in [5, 5.41) is 8.53. The number of hydrogen-bond donors (Lipinski definition) is 0. The summed E-state index contributed by atoms with van der Waals surface area (Å²) >= 11 is 1.34. The Balaban J connectivity index is 1.67. The number of benzene rings is 1. The van der Waals surface area contributed by atoms with E-state index in [0.29, 0.717) is 22.6 Å². The SMILES string of the molecule is COC(=O)c1ccc(CSc2nnc(-c3ccccc3C)o2)o1. The zero-order chi connectivity index (χ0) is 16.2. The first-order chi connectivity index (χ1) is 11.2. The van der Waals surface area contributed by atoms with E-state index in [0.717, 1.165) is 11.1 Å². The van der Waals surface area contributed by atoms with Gasteiger partial charge in [-0.15, -0.1) is 10.2 Å². The lowest BCUT2D eigenvalue weighted by molar-refractivity contribution is 0.0563. The number of esters is 1. The second-order valence-corrected chi connectivity index (χ2v) is 5.66. The maximum atomic E-state index is 11.3. The minimum absolute atomic E-state index is 0.175. The van der Waals surface area contributed by atoms with Crippen molar-refractivity contribution in [1.82, 2.24) is 10.2 Å². The van der Waals surface area contributed by atoms with E-state index in [4.69, 9.17) is 8.83 Å². The van der Waals surface area contributed by atoms with Crippen LogP contribution in [0.2, 0.25) is 0 Å². The molecule has 0 spiro atoms. The molecule has 3 aromatic rings. The van der Waals surface area contributed by atoms with Gasteiger partial charge in [0.25, 0.3) is 5.22 Å². The summed E-state index contributed by atoms with van der Waals surface area (Å²) in [4.78, 5) is 11.3. The number of carbonyl (C=O) groups excluding carboxylic acids is 1. The molecule has 0 amide bonds. The Kier molecular flexibility index (Phi) is 4.47. The van der Waals surface area contributed by atoms with Crippen LogP contribution in [0.1, 0.15) is 21.9 Å². The second kappa shape index (κ2) is 6.70. The molecule has 0 saturated carbocycles. The van der Waals surface area contributed by atoms with Gasteiger partial charge in [0.2, 0.25) is 11.7 Å². The Morgan fingerprint density at radius 2 is 2.00 bits per heavy atom. The van der Waals surface area contributed by atoms with Crippen LogP contribution < -0.4 is 0 Å². The summed E-state index contributed by atoms with van der Waals surface area (Å²) in [6, 6.07) is 11.1. The van der Waals surface area contributed by atoms with E-state index >= 15 is 0 Å². The molecule has 0 aliphatic carbocycles. The van der Waals surface area contributed by atoms with Gasteiger partial charge in [-0.1, -0.05) is 30.0 Å². The van der Waals surface area contributed by atoms with Crippen molar-refractivity contribution in [2.45, 2.75) is 17.9 Å². The van der Waals surface area contributed by atoms with E-state index in [1.54, 1.807) is 12.1 Å². The highest BCUT2D eigenvalue weighted by Crippen LogP contribution is 2.27. The maximum absolute atomic E-state index is 11.3. The van der Waals surface area contributed by atoms with Gasteiger partial charge in [0.15, 0.2) is 0 Å². The molecule has 3 rings (SSSR count). The van der Waals surface area contributed by atoms with Crippen LogP contribution in [0, 0.1) is 6.92 Å². The van der Waals surface area contributed by atoms with Gasteiger partial charge in [0.1, 0.15) is 5.76 Å². The van der Waals surface area contributed by atoms with Crippen LogP contribution in [-0.4, -0.2) is 23.3 Å². The zero-order valence-corrected chi connectivity index (χ0v) is 13.4. The first-order valence-corrected chi connectivity index (χ1v) is 7.85. The lowest BCUT2D eigenvalue weighted by Gasteiger charge is -1.98. The Morgan fingerprint density at radius 1 is 1.17 bits per heavy atom. The molecule has 0 radical (unpaired) electrons. The van der Waals surface area contributed by atoms with Gasteiger partial charge < -0.3 is 13.6 Å². The topological polar surface area (TPSA) is 78.4 Å². The van der Waals surface area contributed by atoms with E-state index < -0.39 is 5.97 Å². The second-order valence-electron chi connectivity index (χ2n) is 4.73. The molecule has 118 valence electrons. The van der Waals surface area contributed by atoms with E-state index in [1.165, 1.54) is 18.9 Å². The third-order valence-corrected chi connectivity index (χ3v) is 4.01. The first kappa shape index (κ1) is 15.4. The van der Waals surface area contributed by atoms with Crippen LogP contribution in [-0.2, 0) is 10.5 Å². The monoisotopic (exact) mass is 330 g/mol. The number of nitrogens with zero attached hydrogens (tertiary/aromatic N) is 2. The summed E-state index contributed by atoms with van der Waals surface area (Å²) in [7, 11) is 1.31. The minimum Gasteiger partial charge on any atom is -0.463 e. The van der Waals surface area contributed by atoms with Crippen molar-refractivity contribution in [2.75, 3.05) is 7.11 Å². The quantitative estimate of drug-likeness (QED) is 0.521. The van der Waals surface area contributed by atoms with Crippen molar-refractivity contribution in [2.24, 2.45) is 0 Å². The van der Waals surface area contributed by atoms with Crippen LogP contribution in [0.5, 0.6) is 0 Å². The summed E-state index contributed by atoms with van der Waals surface area (Å²) in [5.41, 5.74) is 1.99. The van der Waals surface area contributed by atoms with Gasteiger partial charge in [0, 0.05) is 5.56 Å². The fraction of sp³-hybridized carbons (Fsp3) is 0.188. The molecule has 6 nitrogen and oxygen atoms in total. The summed E-state index contributed by atoms with van der Waals surface area (Å²) in [6.45, 7) is 1.99. The average molecular weight is 330 g/mol. The van der Waals surface area contributed by atoms with E-state index in [-0.39, 0.29) is 5.76 Å². The number of methoxy groups -OCH3 is 1. The smallest absolute Gasteiger partial charge is 0.373 e. The Bertz CT molecular complexity index is 825. The van der Waals surface area contributed by atoms with E-state index in [1.807, 2.05) is 31.2 Å². The van der Waals surface area contributed by atoms with E-state index in [2.05, 4.69) is 14.9 Å². The molecule has 0 aliphatic heterocycles. The van der Waals surface area contributed by atoms with Gasteiger partial charge in [0.05, 0.1) is 12.9 Å². The zero-order valence-electron chi connectivity index (χ0n) is 12.6. The van der Waals surface area contributed by atoms with Gasteiger partial charge in [-0.25, -0.2) is 4.79 Å². The van der Waals surface area contributed by atoms with Crippen LogP contribution in [0.4, 0.5) is 0 Å². The average Bonchev–Trinajstić information content (AvgIpc) is 3.22.